The van der Waals surface area contributed by atoms with E-state index in [2.05, 4.69) is 47.2 Å². The predicted molar refractivity (Wildman–Crippen MR) is 74.7 cm³/mol. The van der Waals surface area contributed by atoms with Crippen LogP contribution in [-0.2, 0) is 0 Å². The summed E-state index contributed by atoms with van der Waals surface area (Å²) < 4.78 is 1.09. The lowest BCUT2D eigenvalue weighted by Crippen LogP contribution is -2.34. The number of anilines is 1. The molecule has 1 aromatic carbocycles. The molecular weight excluding hydrogens is 264 g/mol. The van der Waals surface area contributed by atoms with E-state index in [1.165, 1.54) is 12.8 Å². The molecule has 0 saturated carbocycles. The monoisotopic (exact) mass is 284 g/mol. The first-order valence-corrected chi connectivity index (χ1v) is 6.68. The van der Waals surface area contributed by atoms with Crippen LogP contribution in [0.3, 0.4) is 0 Å². The zero-order valence-corrected chi connectivity index (χ0v) is 11.6. The van der Waals surface area contributed by atoms with Crippen LogP contribution in [0.2, 0.25) is 0 Å². The molecule has 3 heteroatoms. The van der Waals surface area contributed by atoms with Crippen molar-refractivity contribution < 1.29 is 0 Å². The highest BCUT2D eigenvalue weighted by molar-refractivity contribution is 9.10. The summed E-state index contributed by atoms with van der Waals surface area (Å²) in [4.78, 5) is 0. The number of hydrogen-bond acceptors (Lipinski definition) is 2. The molecule has 0 bridgehead atoms. The lowest BCUT2D eigenvalue weighted by atomic mass is 9.96. The maximum Gasteiger partial charge on any atom is 0.0409 e. The van der Waals surface area contributed by atoms with E-state index >= 15 is 0 Å². The van der Waals surface area contributed by atoms with Gasteiger partial charge in [-0.25, -0.2) is 0 Å². The molecule has 2 unspecified atom stereocenters. The first-order chi connectivity index (χ1) is 7.67. The standard InChI is InChI=1S/C13H21BrN2/c1-3-5-10(2)13(9-15)16-12-7-4-6-11(14)8-12/h4,6-8,10,13,16H,3,5,9,15H2,1-2H3. The highest BCUT2D eigenvalue weighted by Crippen LogP contribution is 2.19. The SMILES string of the molecule is CCCC(C)C(CN)Nc1cccc(Br)c1. The van der Waals surface area contributed by atoms with Gasteiger partial charge >= 0.3 is 0 Å². The average Bonchev–Trinajstić information content (AvgIpc) is 2.26. The summed E-state index contributed by atoms with van der Waals surface area (Å²) in [6.07, 6.45) is 2.42. The molecule has 0 radical (unpaired) electrons. The molecule has 16 heavy (non-hydrogen) atoms. The summed E-state index contributed by atoms with van der Waals surface area (Å²) in [7, 11) is 0. The van der Waals surface area contributed by atoms with Crippen LogP contribution in [0.5, 0.6) is 0 Å². The normalized spacial score (nSPS) is 14.5. The van der Waals surface area contributed by atoms with Gasteiger partial charge in [0.15, 0.2) is 0 Å². The Kier molecular flexibility index (Phi) is 5.85. The zero-order chi connectivity index (χ0) is 12.0. The number of nitrogens with one attached hydrogen (secondary N) is 1. The highest BCUT2D eigenvalue weighted by atomic mass is 79.9. The number of nitrogens with two attached hydrogens (primary N) is 1. The van der Waals surface area contributed by atoms with Crippen LogP contribution in [0, 0.1) is 5.92 Å². The van der Waals surface area contributed by atoms with Crippen LogP contribution in [-0.4, -0.2) is 12.6 Å². The Bertz CT molecular complexity index is 315. The molecule has 1 rings (SSSR count). The van der Waals surface area contributed by atoms with Gasteiger partial charge in [-0.05, 0) is 30.5 Å². The molecule has 90 valence electrons. The van der Waals surface area contributed by atoms with E-state index in [9.17, 15) is 0 Å². The third kappa shape index (κ3) is 4.14. The van der Waals surface area contributed by atoms with Crippen LogP contribution in [0.15, 0.2) is 28.7 Å². The molecule has 0 fully saturated rings. The highest BCUT2D eigenvalue weighted by Gasteiger charge is 2.14. The zero-order valence-electron chi connectivity index (χ0n) is 10.0. The molecule has 3 N–H and O–H groups in total. The lowest BCUT2D eigenvalue weighted by Gasteiger charge is -2.24. The van der Waals surface area contributed by atoms with E-state index in [0.717, 1.165) is 10.2 Å². The van der Waals surface area contributed by atoms with Gasteiger partial charge in [0.2, 0.25) is 0 Å². The minimum absolute atomic E-state index is 0.356. The number of rotatable bonds is 6. The molecule has 0 spiro atoms. The molecule has 0 heterocycles. The Hall–Kier alpha value is -0.540. The largest absolute Gasteiger partial charge is 0.381 e. The van der Waals surface area contributed by atoms with Crippen LogP contribution >= 0.6 is 15.9 Å². The minimum atomic E-state index is 0.356. The maximum atomic E-state index is 5.82. The molecule has 0 aliphatic rings. The molecular formula is C13H21BrN2. The maximum absolute atomic E-state index is 5.82. The Morgan fingerprint density at radius 3 is 2.75 bits per heavy atom. The van der Waals surface area contributed by atoms with Crippen LogP contribution in [0.4, 0.5) is 5.69 Å². The van der Waals surface area contributed by atoms with Crippen LogP contribution in [0.1, 0.15) is 26.7 Å². The first-order valence-electron chi connectivity index (χ1n) is 5.89. The van der Waals surface area contributed by atoms with E-state index < -0.39 is 0 Å². The molecule has 0 aliphatic carbocycles. The van der Waals surface area contributed by atoms with Crippen molar-refractivity contribution in [3.63, 3.8) is 0 Å². The van der Waals surface area contributed by atoms with Gasteiger partial charge in [0.1, 0.15) is 0 Å². The lowest BCUT2D eigenvalue weighted by molar-refractivity contribution is 0.450. The molecule has 0 aromatic heterocycles. The van der Waals surface area contributed by atoms with Crippen molar-refractivity contribution in [2.24, 2.45) is 11.7 Å². The molecule has 0 saturated heterocycles. The summed E-state index contributed by atoms with van der Waals surface area (Å²) in [5, 5.41) is 3.50. The van der Waals surface area contributed by atoms with E-state index in [-0.39, 0.29) is 0 Å². The van der Waals surface area contributed by atoms with Crippen LogP contribution in [0.25, 0.3) is 0 Å². The van der Waals surface area contributed by atoms with Gasteiger partial charge in [0.05, 0.1) is 0 Å². The summed E-state index contributed by atoms with van der Waals surface area (Å²) >= 11 is 3.47. The summed E-state index contributed by atoms with van der Waals surface area (Å²) in [6.45, 7) is 5.14. The first kappa shape index (κ1) is 13.5. The van der Waals surface area contributed by atoms with E-state index in [4.69, 9.17) is 5.73 Å². The van der Waals surface area contributed by atoms with Gasteiger partial charge < -0.3 is 11.1 Å². The second-order valence-electron chi connectivity index (χ2n) is 4.26. The molecule has 2 nitrogen and oxygen atoms in total. The van der Waals surface area contributed by atoms with E-state index in [0.29, 0.717) is 18.5 Å². The fourth-order valence-electron chi connectivity index (χ4n) is 1.88. The van der Waals surface area contributed by atoms with Gasteiger partial charge in [-0.3, -0.25) is 0 Å². The summed E-state index contributed by atoms with van der Waals surface area (Å²) in [5.74, 6) is 0.606. The van der Waals surface area contributed by atoms with Crippen molar-refractivity contribution in [2.75, 3.05) is 11.9 Å². The van der Waals surface area contributed by atoms with Crippen molar-refractivity contribution in [1.82, 2.24) is 0 Å². The van der Waals surface area contributed by atoms with Crippen molar-refractivity contribution >= 4 is 21.6 Å². The van der Waals surface area contributed by atoms with E-state index in [1.54, 1.807) is 0 Å². The Morgan fingerprint density at radius 1 is 1.44 bits per heavy atom. The molecule has 0 amide bonds. The fourth-order valence-corrected chi connectivity index (χ4v) is 2.28. The van der Waals surface area contributed by atoms with Gasteiger partial charge in [-0.1, -0.05) is 42.3 Å². The van der Waals surface area contributed by atoms with Crippen LogP contribution < -0.4 is 11.1 Å². The summed E-state index contributed by atoms with van der Waals surface area (Å²) in [6, 6.07) is 8.57. The smallest absolute Gasteiger partial charge is 0.0409 e. The number of benzene rings is 1. The number of hydrogen-bond donors (Lipinski definition) is 2. The average molecular weight is 285 g/mol. The quantitative estimate of drug-likeness (QED) is 0.837. The third-order valence-corrected chi connectivity index (χ3v) is 3.35. The van der Waals surface area contributed by atoms with Gasteiger partial charge in [-0.2, -0.15) is 0 Å². The van der Waals surface area contributed by atoms with Crippen molar-refractivity contribution in [2.45, 2.75) is 32.7 Å². The predicted octanol–water partition coefficient (Wildman–Crippen LogP) is 3.62. The second kappa shape index (κ2) is 6.92. The minimum Gasteiger partial charge on any atom is -0.381 e. The fraction of sp³-hybridized carbons (Fsp3) is 0.538. The Labute approximate surface area is 107 Å². The van der Waals surface area contributed by atoms with Crippen molar-refractivity contribution in [1.29, 1.82) is 0 Å². The number of halogens is 1. The Morgan fingerprint density at radius 2 is 2.19 bits per heavy atom. The van der Waals surface area contributed by atoms with Gasteiger partial charge in [0, 0.05) is 22.7 Å². The molecule has 2 atom stereocenters. The topological polar surface area (TPSA) is 38.0 Å². The third-order valence-electron chi connectivity index (χ3n) is 2.86. The summed E-state index contributed by atoms with van der Waals surface area (Å²) in [5.41, 5.74) is 6.95. The van der Waals surface area contributed by atoms with E-state index in [1.807, 2.05) is 12.1 Å². The van der Waals surface area contributed by atoms with Crippen molar-refractivity contribution in [3.8, 4) is 0 Å². The Balaban J connectivity index is 2.62. The van der Waals surface area contributed by atoms with Crippen molar-refractivity contribution in [3.05, 3.63) is 28.7 Å². The van der Waals surface area contributed by atoms with Gasteiger partial charge in [-0.15, -0.1) is 0 Å². The second-order valence-corrected chi connectivity index (χ2v) is 5.18. The molecule has 0 aliphatic heterocycles. The van der Waals surface area contributed by atoms with Gasteiger partial charge in [0.25, 0.3) is 0 Å². The molecule has 1 aromatic rings.